The molecule has 2 fully saturated rings. The first kappa shape index (κ1) is 11.4. The maximum absolute atomic E-state index is 3.67. The van der Waals surface area contributed by atoms with Gasteiger partial charge in [0, 0.05) is 31.2 Å². The standard InChI is InChI=1S/C13H26N2/c1-10(2)14-12-7-8-15(9-12)13-6-4-5-11(13)3/h10-14H,4-9H2,1-3H3. The second-order valence-electron chi connectivity index (χ2n) is 5.78. The first-order valence-electron chi connectivity index (χ1n) is 6.67. The van der Waals surface area contributed by atoms with Gasteiger partial charge in [-0.05, 0) is 25.2 Å². The lowest BCUT2D eigenvalue weighted by Crippen LogP contribution is -2.40. The highest BCUT2D eigenvalue weighted by Crippen LogP contribution is 2.31. The van der Waals surface area contributed by atoms with Crippen LogP contribution in [0.5, 0.6) is 0 Å². The average molecular weight is 210 g/mol. The molecule has 0 spiro atoms. The Morgan fingerprint density at radius 1 is 1.20 bits per heavy atom. The number of nitrogens with one attached hydrogen (secondary N) is 1. The highest BCUT2D eigenvalue weighted by Gasteiger charge is 2.33. The van der Waals surface area contributed by atoms with Crippen molar-refractivity contribution >= 4 is 0 Å². The van der Waals surface area contributed by atoms with Gasteiger partial charge in [0.05, 0.1) is 0 Å². The summed E-state index contributed by atoms with van der Waals surface area (Å²) >= 11 is 0. The van der Waals surface area contributed by atoms with Crippen LogP contribution in [0.2, 0.25) is 0 Å². The van der Waals surface area contributed by atoms with Crippen LogP contribution in [0.1, 0.15) is 46.5 Å². The van der Waals surface area contributed by atoms with Gasteiger partial charge in [0.25, 0.3) is 0 Å². The van der Waals surface area contributed by atoms with Crippen molar-refractivity contribution in [2.45, 2.75) is 64.6 Å². The van der Waals surface area contributed by atoms with E-state index in [0.29, 0.717) is 6.04 Å². The highest BCUT2D eigenvalue weighted by molar-refractivity contribution is 4.90. The first-order chi connectivity index (χ1) is 7.16. The zero-order valence-electron chi connectivity index (χ0n) is 10.5. The molecule has 1 N–H and O–H groups in total. The van der Waals surface area contributed by atoms with Crippen molar-refractivity contribution < 1.29 is 0 Å². The fourth-order valence-corrected chi connectivity index (χ4v) is 3.36. The van der Waals surface area contributed by atoms with E-state index < -0.39 is 0 Å². The van der Waals surface area contributed by atoms with E-state index in [4.69, 9.17) is 0 Å². The molecule has 0 amide bonds. The smallest absolute Gasteiger partial charge is 0.0209 e. The highest BCUT2D eigenvalue weighted by atomic mass is 15.2. The van der Waals surface area contributed by atoms with Crippen LogP contribution in [0.25, 0.3) is 0 Å². The molecule has 2 aliphatic rings. The number of hydrogen-bond donors (Lipinski definition) is 1. The van der Waals surface area contributed by atoms with Crippen LogP contribution < -0.4 is 5.32 Å². The number of hydrogen-bond acceptors (Lipinski definition) is 2. The first-order valence-corrected chi connectivity index (χ1v) is 6.67. The van der Waals surface area contributed by atoms with Gasteiger partial charge in [0.1, 0.15) is 0 Å². The molecule has 2 nitrogen and oxygen atoms in total. The van der Waals surface area contributed by atoms with Gasteiger partial charge < -0.3 is 5.32 Å². The van der Waals surface area contributed by atoms with Gasteiger partial charge >= 0.3 is 0 Å². The minimum Gasteiger partial charge on any atom is -0.310 e. The molecule has 1 saturated heterocycles. The summed E-state index contributed by atoms with van der Waals surface area (Å²) in [6.07, 6.45) is 5.69. The fourth-order valence-electron chi connectivity index (χ4n) is 3.36. The van der Waals surface area contributed by atoms with Crippen molar-refractivity contribution in [2.75, 3.05) is 13.1 Å². The van der Waals surface area contributed by atoms with E-state index in [0.717, 1.165) is 18.0 Å². The minimum atomic E-state index is 0.635. The molecule has 0 radical (unpaired) electrons. The summed E-state index contributed by atoms with van der Waals surface area (Å²) < 4.78 is 0. The van der Waals surface area contributed by atoms with Gasteiger partial charge in [0.15, 0.2) is 0 Å². The molecule has 1 aliphatic heterocycles. The maximum Gasteiger partial charge on any atom is 0.0209 e. The lowest BCUT2D eigenvalue weighted by Gasteiger charge is -2.27. The predicted molar refractivity (Wildman–Crippen MR) is 65.1 cm³/mol. The zero-order valence-corrected chi connectivity index (χ0v) is 10.5. The summed E-state index contributed by atoms with van der Waals surface area (Å²) in [6.45, 7) is 9.54. The van der Waals surface area contributed by atoms with Crippen molar-refractivity contribution in [1.29, 1.82) is 0 Å². The third-order valence-corrected chi connectivity index (χ3v) is 4.07. The second-order valence-corrected chi connectivity index (χ2v) is 5.78. The fraction of sp³-hybridized carbons (Fsp3) is 1.00. The van der Waals surface area contributed by atoms with E-state index in [9.17, 15) is 0 Å². The Hall–Kier alpha value is -0.0800. The molecular formula is C13H26N2. The third-order valence-electron chi connectivity index (χ3n) is 4.07. The molecule has 0 aromatic heterocycles. The van der Waals surface area contributed by atoms with E-state index in [1.807, 2.05) is 0 Å². The summed E-state index contributed by atoms with van der Waals surface area (Å²) in [6, 6.07) is 2.28. The van der Waals surface area contributed by atoms with E-state index in [1.165, 1.54) is 38.8 Å². The van der Waals surface area contributed by atoms with Crippen molar-refractivity contribution in [2.24, 2.45) is 5.92 Å². The van der Waals surface area contributed by atoms with E-state index >= 15 is 0 Å². The molecule has 1 heterocycles. The SMILES string of the molecule is CC(C)NC1CCN(C2CCCC2C)C1. The summed E-state index contributed by atoms with van der Waals surface area (Å²) in [5, 5.41) is 3.67. The molecule has 3 atom stereocenters. The zero-order chi connectivity index (χ0) is 10.8. The maximum atomic E-state index is 3.67. The second kappa shape index (κ2) is 4.84. The Labute approximate surface area is 94.4 Å². The quantitative estimate of drug-likeness (QED) is 0.768. The third kappa shape index (κ3) is 2.73. The Bertz CT molecular complexity index is 203. The molecule has 0 bridgehead atoms. The van der Waals surface area contributed by atoms with E-state index in [1.54, 1.807) is 0 Å². The lowest BCUT2D eigenvalue weighted by atomic mass is 10.1. The van der Waals surface area contributed by atoms with Gasteiger partial charge in [-0.3, -0.25) is 4.90 Å². The van der Waals surface area contributed by atoms with Crippen LogP contribution in [0, 0.1) is 5.92 Å². The number of rotatable bonds is 3. The molecular weight excluding hydrogens is 184 g/mol. The molecule has 88 valence electrons. The topological polar surface area (TPSA) is 15.3 Å². The van der Waals surface area contributed by atoms with Crippen LogP contribution in [-0.4, -0.2) is 36.1 Å². The van der Waals surface area contributed by atoms with Gasteiger partial charge in [-0.2, -0.15) is 0 Å². The van der Waals surface area contributed by atoms with Crippen molar-refractivity contribution in [3.05, 3.63) is 0 Å². The van der Waals surface area contributed by atoms with Crippen LogP contribution in [0.15, 0.2) is 0 Å². The molecule has 2 heteroatoms. The summed E-state index contributed by atoms with van der Waals surface area (Å²) in [5.74, 6) is 0.933. The van der Waals surface area contributed by atoms with E-state index in [2.05, 4.69) is 31.0 Å². The number of nitrogens with zero attached hydrogens (tertiary/aromatic N) is 1. The summed E-state index contributed by atoms with van der Waals surface area (Å²) in [7, 11) is 0. The molecule has 3 unspecified atom stereocenters. The van der Waals surface area contributed by atoms with Crippen molar-refractivity contribution in [3.63, 3.8) is 0 Å². The van der Waals surface area contributed by atoms with Crippen LogP contribution in [-0.2, 0) is 0 Å². The Morgan fingerprint density at radius 2 is 2.00 bits per heavy atom. The van der Waals surface area contributed by atoms with Crippen LogP contribution in [0.3, 0.4) is 0 Å². The summed E-state index contributed by atoms with van der Waals surface area (Å²) in [5.41, 5.74) is 0. The van der Waals surface area contributed by atoms with Gasteiger partial charge in [-0.1, -0.05) is 27.2 Å². The average Bonchev–Trinajstić information content (AvgIpc) is 2.72. The lowest BCUT2D eigenvalue weighted by molar-refractivity contribution is 0.200. The molecule has 2 rings (SSSR count). The van der Waals surface area contributed by atoms with E-state index in [-0.39, 0.29) is 0 Å². The molecule has 15 heavy (non-hydrogen) atoms. The Morgan fingerprint density at radius 3 is 2.60 bits per heavy atom. The van der Waals surface area contributed by atoms with Crippen molar-refractivity contribution in [1.82, 2.24) is 10.2 Å². The Kier molecular flexibility index (Phi) is 3.68. The van der Waals surface area contributed by atoms with Crippen LogP contribution in [0.4, 0.5) is 0 Å². The predicted octanol–water partition coefficient (Wildman–Crippen LogP) is 2.25. The minimum absolute atomic E-state index is 0.635. The Balaban J connectivity index is 1.81. The molecule has 0 aromatic rings. The number of likely N-dealkylation sites (tertiary alicyclic amines) is 1. The monoisotopic (exact) mass is 210 g/mol. The van der Waals surface area contributed by atoms with Gasteiger partial charge in [-0.15, -0.1) is 0 Å². The summed E-state index contributed by atoms with van der Waals surface area (Å²) in [4.78, 5) is 2.73. The normalized spacial score (nSPS) is 38.0. The molecule has 1 saturated carbocycles. The van der Waals surface area contributed by atoms with Gasteiger partial charge in [-0.25, -0.2) is 0 Å². The molecule has 0 aromatic carbocycles. The van der Waals surface area contributed by atoms with Crippen molar-refractivity contribution in [3.8, 4) is 0 Å². The largest absolute Gasteiger partial charge is 0.310 e. The molecule has 1 aliphatic carbocycles. The van der Waals surface area contributed by atoms with Crippen LogP contribution >= 0.6 is 0 Å². The van der Waals surface area contributed by atoms with Gasteiger partial charge in [0.2, 0.25) is 0 Å².